The smallest absolute Gasteiger partial charge is 0.127 e. The second-order valence-corrected chi connectivity index (χ2v) is 6.85. The summed E-state index contributed by atoms with van der Waals surface area (Å²) >= 11 is 12.6. The van der Waals surface area contributed by atoms with Gasteiger partial charge in [0.25, 0.3) is 0 Å². The zero-order valence-corrected chi connectivity index (χ0v) is 14.1. The van der Waals surface area contributed by atoms with Gasteiger partial charge in [0, 0.05) is 11.1 Å². The molecule has 2 aromatic rings. The summed E-state index contributed by atoms with van der Waals surface area (Å²) in [5.41, 5.74) is 2.52. The largest absolute Gasteiger partial charge is 0.322 e. The number of quaternary nitrogens is 2. The molecule has 0 radical (unpaired) electrons. The van der Waals surface area contributed by atoms with Crippen molar-refractivity contribution in [2.24, 2.45) is 0 Å². The number of rotatable bonds is 4. The number of hydrogen-bond donors (Lipinski definition) is 2. The quantitative estimate of drug-likeness (QED) is 0.836. The van der Waals surface area contributed by atoms with Crippen LogP contribution in [-0.4, -0.2) is 26.2 Å². The van der Waals surface area contributed by atoms with Crippen molar-refractivity contribution in [3.63, 3.8) is 0 Å². The maximum atomic E-state index is 6.28. The average molecular weight is 337 g/mol. The Kier molecular flexibility index (Phi) is 5.37. The highest BCUT2D eigenvalue weighted by molar-refractivity contribution is 6.35. The fraction of sp³-hybridized carbons (Fsp3) is 0.333. The molecule has 0 unspecified atom stereocenters. The Balaban J connectivity index is 1.54. The van der Waals surface area contributed by atoms with Crippen molar-refractivity contribution in [3.05, 3.63) is 69.7 Å². The number of benzene rings is 2. The Morgan fingerprint density at radius 1 is 0.682 bits per heavy atom. The first kappa shape index (κ1) is 15.8. The van der Waals surface area contributed by atoms with Gasteiger partial charge in [-0.15, -0.1) is 0 Å². The van der Waals surface area contributed by atoms with Gasteiger partial charge in [0.05, 0.1) is 10.0 Å². The van der Waals surface area contributed by atoms with Gasteiger partial charge in [-0.3, -0.25) is 0 Å². The highest BCUT2D eigenvalue weighted by Gasteiger charge is 2.24. The first-order chi connectivity index (χ1) is 10.7. The zero-order chi connectivity index (χ0) is 15.4. The fourth-order valence-electron chi connectivity index (χ4n) is 3.15. The van der Waals surface area contributed by atoms with Gasteiger partial charge in [-0.25, -0.2) is 0 Å². The average Bonchev–Trinajstić information content (AvgIpc) is 2.54. The van der Waals surface area contributed by atoms with Crippen molar-refractivity contribution >= 4 is 23.2 Å². The van der Waals surface area contributed by atoms with Crippen LogP contribution in [0.5, 0.6) is 0 Å². The molecule has 0 spiro atoms. The normalized spacial score (nSPS) is 21.7. The summed E-state index contributed by atoms with van der Waals surface area (Å²) in [6.45, 7) is 6.80. The van der Waals surface area contributed by atoms with E-state index in [1.165, 1.54) is 31.7 Å². The predicted molar refractivity (Wildman–Crippen MR) is 91.7 cm³/mol. The molecular weight excluding hydrogens is 315 g/mol. The van der Waals surface area contributed by atoms with Crippen LogP contribution in [0.4, 0.5) is 0 Å². The van der Waals surface area contributed by atoms with Crippen molar-refractivity contribution in [2.75, 3.05) is 26.2 Å². The maximum absolute atomic E-state index is 6.28. The van der Waals surface area contributed by atoms with E-state index in [2.05, 4.69) is 30.3 Å². The van der Waals surface area contributed by atoms with Crippen LogP contribution in [-0.2, 0) is 13.1 Å². The number of piperazine rings is 1. The summed E-state index contributed by atoms with van der Waals surface area (Å²) in [5.74, 6) is 0. The monoisotopic (exact) mass is 336 g/mol. The molecule has 0 atom stereocenters. The van der Waals surface area contributed by atoms with Crippen molar-refractivity contribution in [2.45, 2.75) is 13.1 Å². The second-order valence-electron chi connectivity index (χ2n) is 6.04. The highest BCUT2D eigenvalue weighted by Crippen LogP contribution is 2.23. The first-order valence-corrected chi connectivity index (χ1v) is 8.62. The van der Waals surface area contributed by atoms with E-state index in [1.807, 2.05) is 18.2 Å². The van der Waals surface area contributed by atoms with Crippen LogP contribution in [0.15, 0.2) is 48.5 Å². The van der Waals surface area contributed by atoms with Crippen molar-refractivity contribution in [1.29, 1.82) is 0 Å². The molecule has 1 aliphatic heterocycles. The van der Waals surface area contributed by atoms with Gasteiger partial charge in [0.15, 0.2) is 0 Å². The number of hydrogen-bond acceptors (Lipinski definition) is 0. The Hall–Kier alpha value is -1.06. The van der Waals surface area contributed by atoms with Crippen LogP contribution in [0.2, 0.25) is 10.0 Å². The minimum atomic E-state index is 0.791. The molecule has 2 nitrogen and oxygen atoms in total. The summed E-state index contributed by atoms with van der Waals surface area (Å²) in [6, 6.07) is 16.5. The molecular formula is C18H22Cl2N2+2. The molecule has 0 aliphatic carbocycles. The van der Waals surface area contributed by atoms with Crippen LogP contribution in [0.1, 0.15) is 11.1 Å². The summed E-state index contributed by atoms with van der Waals surface area (Å²) in [4.78, 5) is 3.24. The molecule has 2 N–H and O–H groups in total. The highest BCUT2D eigenvalue weighted by atomic mass is 35.5. The van der Waals surface area contributed by atoms with Crippen LogP contribution in [0, 0.1) is 0 Å². The molecule has 0 bridgehead atoms. The summed E-state index contributed by atoms with van der Waals surface area (Å²) in [6.07, 6.45) is 0. The van der Waals surface area contributed by atoms with Crippen LogP contribution >= 0.6 is 23.2 Å². The summed E-state index contributed by atoms with van der Waals surface area (Å²) in [5, 5.41) is 1.58. The third-order valence-corrected chi connectivity index (χ3v) is 5.16. The Bertz CT molecular complexity index is 587. The van der Waals surface area contributed by atoms with E-state index in [4.69, 9.17) is 23.2 Å². The lowest BCUT2D eigenvalue weighted by Crippen LogP contribution is -3.27. The molecule has 3 rings (SSSR count). The first-order valence-electron chi connectivity index (χ1n) is 7.86. The fourth-order valence-corrected chi connectivity index (χ4v) is 3.68. The molecule has 4 heteroatoms. The van der Waals surface area contributed by atoms with E-state index >= 15 is 0 Å². The van der Waals surface area contributed by atoms with Crippen LogP contribution in [0.3, 0.4) is 0 Å². The molecule has 0 amide bonds. The lowest BCUT2D eigenvalue weighted by Gasteiger charge is -2.30. The van der Waals surface area contributed by atoms with Gasteiger partial charge in [-0.2, -0.15) is 0 Å². The molecule has 1 fully saturated rings. The molecule has 0 saturated carbocycles. The van der Waals surface area contributed by atoms with Crippen molar-refractivity contribution < 1.29 is 9.80 Å². The molecule has 22 heavy (non-hydrogen) atoms. The van der Waals surface area contributed by atoms with Crippen LogP contribution < -0.4 is 9.80 Å². The molecule has 1 aliphatic rings. The molecule has 0 aromatic heterocycles. The third-order valence-electron chi connectivity index (χ3n) is 4.45. The van der Waals surface area contributed by atoms with Gasteiger partial charge >= 0.3 is 0 Å². The van der Waals surface area contributed by atoms with E-state index in [0.717, 1.165) is 28.7 Å². The van der Waals surface area contributed by atoms with E-state index < -0.39 is 0 Å². The van der Waals surface area contributed by atoms with Gasteiger partial charge in [-0.05, 0) is 12.1 Å². The lowest BCUT2D eigenvalue weighted by molar-refractivity contribution is -1.02. The van der Waals surface area contributed by atoms with E-state index in [-0.39, 0.29) is 0 Å². The summed E-state index contributed by atoms with van der Waals surface area (Å²) < 4.78 is 0. The summed E-state index contributed by atoms with van der Waals surface area (Å²) in [7, 11) is 0. The SMILES string of the molecule is Clc1cccc(Cl)c1C[NH+]1CC[NH+](Cc2ccccc2)CC1. The van der Waals surface area contributed by atoms with Gasteiger partial charge < -0.3 is 9.80 Å². The van der Waals surface area contributed by atoms with Crippen molar-refractivity contribution in [1.82, 2.24) is 0 Å². The molecule has 2 aromatic carbocycles. The Labute approximate surface area is 142 Å². The molecule has 1 heterocycles. The van der Waals surface area contributed by atoms with E-state index in [9.17, 15) is 0 Å². The van der Waals surface area contributed by atoms with E-state index in [0.29, 0.717) is 0 Å². The molecule has 1 saturated heterocycles. The third kappa shape index (κ3) is 4.02. The van der Waals surface area contributed by atoms with Crippen LogP contribution in [0.25, 0.3) is 0 Å². The van der Waals surface area contributed by atoms with Gasteiger partial charge in [-0.1, -0.05) is 59.6 Å². The second kappa shape index (κ2) is 7.47. The standard InChI is InChI=1S/C18H20Cl2N2/c19-17-7-4-8-18(20)16(17)14-22-11-9-21(10-12-22)13-15-5-2-1-3-6-15/h1-8H,9-14H2/p+2. The number of halogens is 2. The molecule has 116 valence electrons. The topological polar surface area (TPSA) is 8.88 Å². The van der Waals surface area contributed by atoms with Gasteiger partial charge in [0.2, 0.25) is 0 Å². The maximum Gasteiger partial charge on any atom is 0.127 e. The number of nitrogens with one attached hydrogen (secondary N) is 2. The van der Waals surface area contributed by atoms with Gasteiger partial charge in [0.1, 0.15) is 39.3 Å². The minimum Gasteiger partial charge on any atom is -0.322 e. The minimum absolute atomic E-state index is 0.791. The lowest BCUT2D eigenvalue weighted by atomic mass is 10.1. The Morgan fingerprint density at radius 3 is 1.82 bits per heavy atom. The van der Waals surface area contributed by atoms with E-state index in [1.54, 1.807) is 9.80 Å². The zero-order valence-electron chi connectivity index (χ0n) is 12.6. The predicted octanol–water partition coefficient (Wildman–Crippen LogP) is 1.48. The Morgan fingerprint density at radius 2 is 1.23 bits per heavy atom. The van der Waals surface area contributed by atoms with Crippen molar-refractivity contribution in [3.8, 4) is 0 Å².